The average Bonchev–Trinajstić information content (AvgIpc) is 2.87. The van der Waals surface area contributed by atoms with Crippen LogP contribution in [0, 0.1) is 13.8 Å². The largest absolute Gasteiger partial charge is 0.463 e. The maximum absolute atomic E-state index is 11.9. The summed E-state index contributed by atoms with van der Waals surface area (Å²) in [6.45, 7) is 5.56. The van der Waals surface area contributed by atoms with Gasteiger partial charge >= 0.3 is 0 Å². The Labute approximate surface area is 124 Å². The Bertz CT molecular complexity index is 611. The van der Waals surface area contributed by atoms with E-state index in [1.165, 1.54) is 0 Å². The van der Waals surface area contributed by atoms with Crippen molar-refractivity contribution in [3.05, 3.63) is 59.0 Å². The molecule has 1 amide bonds. The van der Waals surface area contributed by atoms with E-state index in [4.69, 9.17) is 4.42 Å². The van der Waals surface area contributed by atoms with Crippen molar-refractivity contribution in [2.24, 2.45) is 0 Å². The number of benzene rings is 1. The quantitative estimate of drug-likeness (QED) is 0.888. The molecule has 1 heterocycles. The maximum Gasteiger partial charge on any atom is 0.224 e. The Morgan fingerprint density at radius 1 is 1.19 bits per heavy atom. The number of aliphatic hydroxyl groups is 1. The molecule has 1 aromatic heterocycles. The average molecular weight is 287 g/mol. The summed E-state index contributed by atoms with van der Waals surface area (Å²) in [5, 5.41) is 13.1. The number of carbonyl (C=O) groups is 1. The molecule has 0 spiro atoms. The Morgan fingerprint density at radius 2 is 1.86 bits per heavy atom. The van der Waals surface area contributed by atoms with Crippen LogP contribution in [0.1, 0.15) is 29.6 Å². The molecule has 0 bridgehead atoms. The van der Waals surface area contributed by atoms with Crippen LogP contribution in [0.5, 0.6) is 0 Å². The number of carbonyl (C=O) groups excluding carboxylic acids is 1. The van der Waals surface area contributed by atoms with Gasteiger partial charge in [-0.25, -0.2) is 0 Å². The highest BCUT2D eigenvalue weighted by Crippen LogP contribution is 2.21. The molecular weight excluding hydrogens is 266 g/mol. The minimum Gasteiger partial charge on any atom is -0.463 e. The van der Waals surface area contributed by atoms with Crippen molar-refractivity contribution in [1.29, 1.82) is 0 Å². The third-order valence-corrected chi connectivity index (χ3v) is 3.39. The van der Waals surface area contributed by atoms with Gasteiger partial charge in [-0.3, -0.25) is 4.79 Å². The zero-order valence-electron chi connectivity index (χ0n) is 12.6. The van der Waals surface area contributed by atoms with Gasteiger partial charge in [-0.05, 0) is 38.5 Å². The van der Waals surface area contributed by atoms with E-state index in [0.29, 0.717) is 12.2 Å². The van der Waals surface area contributed by atoms with Crippen molar-refractivity contribution in [3.8, 4) is 0 Å². The first-order valence-electron chi connectivity index (χ1n) is 6.98. The first-order valence-corrected chi connectivity index (χ1v) is 6.98. The van der Waals surface area contributed by atoms with Crippen molar-refractivity contribution in [2.75, 3.05) is 6.54 Å². The van der Waals surface area contributed by atoms with Gasteiger partial charge in [-0.1, -0.05) is 29.8 Å². The van der Waals surface area contributed by atoms with Crippen molar-refractivity contribution < 1.29 is 14.3 Å². The number of amides is 1. The molecule has 0 radical (unpaired) electrons. The molecule has 0 aliphatic carbocycles. The molecule has 0 aliphatic rings. The second kappa shape index (κ2) is 6.14. The molecule has 112 valence electrons. The van der Waals surface area contributed by atoms with Crippen LogP contribution in [0.3, 0.4) is 0 Å². The van der Waals surface area contributed by atoms with E-state index in [0.717, 1.165) is 16.9 Å². The third-order valence-electron chi connectivity index (χ3n) is 3.39. The second-order valence-corrected chi connectivity index (χ2v) is 5.62. The van der Waals surface area contributed by atoms with Gasteiger partial charge in [0.2, 0.25) is 5.91 Å². The number of hydrogen-bond donors (Lipinski definition) is 2. The lowest BCUT2D eigenvalue weighted by molar-refractivity contribution is -0.121. The summed E-state index contributed by atoms with van der Waals surface area (Å²) in [7, 11) is 0. The van der Waals surface area contributed by atoms with Crippen molar-refractivity contribution in [1.82, 2.24) is 5.32 Å². The highest BCUT2D eigenvalue weighted by atomic mass is 16.4. The van der Waals surface area contributed by atoms with Gasteiger partial charge < -0.3 is 14.8 Å². The first-order chi connectivity index (χ1) is 9.87. The van der Waals surface area contributed by atoms with Gasteiger partial charge in [0.25, 0.3) is 0 Å². The molecule has 4 nitrogen and oxygen atoms in total. The summed E-state index contributed by atoms with van der Waals surface area (Å²) in [6.07, 6.45) is 0.299. The monoisotopic (exact) mass is 287 g/mol. The van der Waals surface area contributed by atoms with Crippen LogP contribution < -0.4 is 5.32 Å². The molecular formula is C17H21NO3. The van der Waals surface area contributed by atoms with Gasteiger partial charge in [-0.15, -0.1) is 0 Å². The number of aryl methyl sites for hydroxylation is 2. The van der Waals surface area contributed by atoms with Crippen LogP contribution in [0.2, 0.25) is 0 Å². The van der Waals surface area contributed by atoms with Gasteiger partial charge in [-0.2, -0.15) is 0 Å². The zero-order valence-corrected chi connectivity index (χ0v) is 12.6. The smallest absolute Gasteiger partial charge is 0.224 e. The predicted molar refractivity (Wildman–Crippen MR) is 80.9 cm³/mol. The first kappa shape index (κ1) is 15.3. The van der Waals surface area contributed by atoms with Crippen LogP contribution in [0.25, 0.3) is 0 Å². The zero-order chi connectivity index (χ0) is 15.5. The highest BCUT2D eigenvalue weighted by Gasteiger charge is 2.27. The molecule has 0 fully saturated rings. The molecule has 2 N–H and O–H groups in total. The van der Waals surface area contributed by atoms with Gasteiger partial charge in [0.05, 0.1) is 13.0 Å². The summed E-state index contributed by atoms with van der Waals surface area (Å²) in [5.41, 5.74) is 0.902. The minimum atomic E-state index is -1.21. The van der Waals surface area contributed by atoms with Crippen LogP contribution in [-0.2, 0) is 16.8 Å². The minimum absolute atomic E-state index is 0.116. The number of nitrogens with one attached hydrogen (secondary N) is 1. The van der Waals surface area contributed by atoms with Crippen LogP contribution in [-0.4, -0.2) is 17.6 Å². The molecule has 1 atom stereocenters. The van der Waals surface area contributed by atoms with Crippen molar-refractivity contribution in [3.63, 3.8) is 0 Å². The maximum atomic E-state index is 11.9. The Hall–Kier alpha value is -2.07. The lowest BCUT2D eigenvalue weighted by atomic mass is 10.0. The number of rotatable bonds is 5. The SMILES string of the molecule is Cc1ccc(CC(=O)NCC(C)(O)c2ccc(C)o2)cc1. The van der Waals surface area contributed by atoms with Gasteiger partial charge in [0, 0.05) is 0 Å². The highest BCUT2D eigenvalue weighted by molar-refractivity contribution is 5.78. The molecule has 4 heteroatoms. The molecule has 21 heavy (non-hydrogen) atoms. The van der Waals surface area contributed by atoms with E-state index in [1.54, 1.807) is 19.1 Å². The van der Waals surface area contributed by atoms with E-state index in [-0.39, 0.29) is 12.5 Å². The molecule has 2 aromatic rings. The molecule has 0 aliphatic heterocycles. The lowest BCUT2D eigenvalue weighted by Gasteiger charge is -2.21. The van der Waals surface area contributed by atoms with Gasteiger partial charge in [0.15, 0.2) is 0 Å². The summed E-state index contributed by atoms with van der Waals surface area (Å²) in [5.74, 6) is 1.06. The fourth-order valence-electron chi connectivity index (χ4n) is 2.04. The molecule has 2 rings (SSSR count). The third kappa shape index (κ3) is 4.20. The van der Waals surface area contributed by atoms with Crippen LogP contribution in [0.15, 0.2) is 40.8 Å². The summed E-state index contributed by atoms with van der Waals surface area (Å²) < 4.78 is 5.41. The molecule has 0 saturated carbocycles. The Kier molecular flexibility index (Phi) is 4.48. The topological polar surface area (TPSA) is 62.5 Å². The fraction of sp³-hybridized carbons (Fsp3) is 0.353. The van der Waals surface area contributed by atoms with Crippen LogP contribution in [0.4, 0.5) is 0 Å². The molecule has 1 unspecified atom stereocenters. The summed E-state index contributed by atoms with van der Waals surface area (Å²) in [4.78, 5) is 11.9. The van der Waals surface area contributed by atoms with Gasteiger partial charge in [0.1, 0.15) is 17.1 Å². The van der Waals surface area contributed by atoms with Crippen molar-refractivity contribution in [2.45, 2.75) is 32.8 Å². The Morgan fingerprint density at radius 3 is 2.43 bits per heavy atom. The fourth-order valence-corrected chi connectivity index (χ4v) is 2.04. The standard InChI is InChI=1S/C17H21NO3/c1-12-4-7-14(8-5-12)10-16(19)18-11-17(3,20)15-9-6-13(2)21-15/h4-9,20H,10-11H2,1-3H3,(H,18,19). The van der Waals surface area contributed by atoms with E-state index < -0.39 is 5.60 Å². The van der Waals surface area contributed by atoms with E-state index in [1.807, 2.05) is 38.1 Å². The number of furan rings is 1. The van der Waals surface area contributed by atoms with E-state index >= 15 is 0 Å². The van der Waals surface area contributed by atoms with E-state index in [9.17, 15) is 9.90 Å². The summed E-state index contributed by atoms with van der Waals surface area (Å²) in [6, 6.07) is 11.3. The number of hydrogen-bond acceptors (Lipinski definition) is 3. The lowest BCUT2D eigenvalue weighted by Crippen LogP contribution is -2.39. The van der Waals surface area contributed by atoms with Crippen molar-refractivity contribution >= 4 is 5.91 Å². The van der Waals surface area contributed by atoms with E-state index in [2.05, 4.69) is 5.32 Å². The Balaban J connectivity index is 1.90. The molecule has 0 saturated heterocycles. The van der Waals surface area contributed by atoms with Crippen LogP contribution >= 0.6 is 0 Å². The second-order valence-electron chi connectivity index (χ2n) is 5.62. The normalized spacial score (nSPS) is 13.7. The molecule has 1 aromatic carbocycles. The predicted octanol–water partition coefficient (Wildman–Crippen LogP) is 2.46. The summed E-state index contributed by atoms with van der Waals surface area (Å²) >= 11 is 0.